The molecule has 2 amide bonds. The first kappa shape index (κ1) is 12.4. The Morgan fingerprint density at radius 1 is 1.61 bits per heavy atom. The Hall–Kier alpha value is -2.09. The highest BCUT2D eigenvalue weighted by Gasteiger charge is 2.32. The number of nitrogens with two attached hydrogens (primary N) is 1. The Kier molecular flexibility index (Phi) is 2.95. The van der Waals surface area contributed by atoms with Crippen molar-refractivity contribution >= 4 is 12.0 Å². The smallest absolute Gasteiger partial charge is 0.407 e. The summed E-state index contributed by atoms with van der Waals surface area (Å²) in [5.41, 5.74) is 1.59. The molecule has 18 heavy (non-hydrogen) atoms. The summed E-state index contributed by atoms with van der Waals surface area (Å²) in [5.74, 6) is 4.94. The van der Waals surface area contributed by atoms with Crippen LogP contribution in [-0.4, -0.2) is 50.3 Å². The highest BCUT2D eigenvalue weighted by Crippen LogP contribution is 2.24. The van der Waals surface area contributed by atoms with Gasteiger partial charge in [0.1, 0.15) is 0 Å². The normalized spacial score (nSPS) is 18.4. The summed E-state index contributed by atoms with van der Waals surface area (Å²) in [6, 6.07) is -0.144. The van der Waals surface area contributed by atoms with Crippen LogP contribution in [0.4, 0.5) is 4.79 Å². The topological polar surface area (TPSA) is 116 Å². The number of hydrogen-bond acceptors (Lipinski definition) is 4. The molecular formula is C10H15N5O3. The standard InChI is InChI=1S/C10H15N5O3/c1-5-3-7-6(4-15(5)10(17)18)8(13-12-7)9(16)14(2)11/h5H,3-4,11H2,1-2H3,(H,12,13)(H,17,18). The second-order valence-electron chi connectivity index (χ2n) is 4.41. The minimum atomic E-state index is -1.01. The van der Waals surface area contributed by atoms with Crippen molar-refractivity contribution < 1.29 is 14.7 Å². The molecule has 1 aromatic rings. The number of carboxylic acid groups (broad SMARTS) is 1. The van der Waals surface area contributed by atoms with Crippen LogP contribution in [0.25, 0.3) is 0 Å². The highest BCUT2D eigenvalue weighted by molar-refractivity contribution is 5.93. The summed E-state index contributed by atoms with van der Waals surface area (Å²) in [7, 11) is 1.42. The third-order valence-corrected chi connectivity index (χ3v) is 3.08. The van der Waals surface area contributed by atoms with E-state index in [1.165, 1.54) is 11.9 Å². The van der Waals surface area contributed by atoms with Crippen LogP contribution in [0, 0.1) is 0 Å². The van der Waals surface area contributed by atoms with Crippen LogP contribution in [0.5, 0.6) is 0 Å². The fourth-order valence-corrected chi connectivity index (χ4v) is 2.07. The number of nitrogens with one attached hydrogen (secondary N) is 1. The molecule has 8 nitrogen and oxygen atoms in total. The number of hydrogen-bond donors (Lipinski definition) is 3. The van der Waals surface area contributed by atoms with E-state index in [1.54, 1.807) is 0 Å². The predicted octanol–water partition coefficient (Wildman–Crippen LogP) is -0.220. The van der Waals surface area contributed by atoms with Gasteiger partial charge in [-0.3, -0.25) is 14.9 Å². The summed E-state index contributed by atoms with van der Waals surface area (Å²) in [6.45, 7) is 1.96. The van der Waals surface area contributed by atoms with Crippen LogP contribution < -0.4 is 5.84 Å². The lowest BCUT2D eigenvalue weighted by atomic mass is 10.00. The Balaban J connectivity index is 2.36. The zero-order chi connectivity index (χ0) is 13.4. The number of H-pyrrole nitrogens is 1. The number of fused-ring (bicyclic) bond motifs is 1. The van der Waals surface area contributed by atoms with Crippen molar-refractivity contribution in [3.05, 3.63) is 17.0 Å². The van der Waals surface area contributed by atoms with Crippen molar-refractivity contribution in [3.8, 4) is 0 Å². The Morgan fingerprint density at radius 3 is 2.83 bits per heavy atom. The Bertz CT molecular complexity index is 496. The predicted molar refractivity (Wildman–Crippen MR) is 61.6 cm³/mol. The summed E-state index contributed by atoms with van der Waals surface area (Å²) < 4.78 is 0. The molecule has 1 aromatic heterocycles. The molecule has 2 rings (SSSR count). The molecule has 0 saturated carbocycles. The molecule has 98 valence electrons. The second kappa shape index (κ2) is 4.30. The van der Waals surface area contributed by atoms with E-state index >= 15 is 0 Å². The Labute approximate surface area is 103 Å². The van der Waals surface area contributed by atoms with E-state index in [9.17, 15) is 9.59 Å². The number of carbonyl (C=O) groups excluding carboxylic acids is 1. The van der Waals surface area contributed by atoms with Gasteiger partial charge in [-0.1, -0.05) is 0 Å². The van der Waals surface area contributed by atoms with Gasteiger partial charge >= 0.3 is 6.09 Å². The van der Waals surface area contributed by atoms with E-state index in [1.807, 2.05) is 6.92 Å². The average molecular weight is 253 g/mol. The highest BCUT2D eigenvalue weighted by atomic mass is 16.4. The summed E-state index contributed by atoms with van der Waals surface area (Å²) in [5, 5.41) is 16.7. The number of rotatable bonds is 1. The molecule has 0 aromatic carbocycles. The van der Waals surface area contributed by atoms with Gasteiger partial charge in [0, 0.05) is 30.8 Å². The largest absolute Gasteiger partial charge is 0.465 e. The second-order valence-corrected chi connectivity index (χ2v) is 4.41. The zero-order valence-electron chi connectivity index (χ0n) is 10.2. The van der Waals surface area contributed by atoms with E-state index in [0.717, 1.165) is 10.7 Å². The number of aromatic amines is 1. The van der Waals surface area contributed by atoms with Crippen molar-refractivity contribution in [1.82, 2.24) is 20.1 Å². The third-order valence-electron chi connectivity index (χ3n) is 3.08. The molecule has 0 saturated heterocycles. The van der Waals surface area contributed by atoms with Gasteiger partial charge in [-0.2, -0.15) is 5.10 Å². The van der Waals surface area contributed by atoms with E-state index in [0.29, 0.717) is 12.0 Å². The van der Waals surface area contributed by atoms with Crippen molar-refractivity contribution in [2.24, 2.45) is 5.84 Å². The fraction of sp³-hybridized carbons (Fsp3) is 0.500. The maximum Gasteiger partial charge on any atom is 0.407 e. The van der Waals surface area contributed by atoms with Crippen molar-refractivity contribution in [2.45, 2.75) is 25.9 Å². The van der Waals surface area contributed by atoms with Gasteiger partial charge in [-0.25, -0.2) is 10.6 Å². The zero-order valence-corrected chi connectivity index (χ0v) is 10.2. The quantitative estimate of drug-likeness (QED) is 0.363. The van der Waals surface area contributed by atoms with E-state index in [-0.39, 0.29) is 18.3 Å². The first-order chi connectivity index (χ1) is 8.41. The maximum atomic E-state index is 11.8. The van der Waals surface area contributed by atoms with Crippen molar-refractivity contribution in [1.29, 1.82) is 0 Å². The SMILES string of the molecule is CC1Cc2[nH]nc(C(=O)N(C)N)c2CN1C(=O)O. The molecule has 1 aliphatic heterocycles. The molecule has 0 aliphatic carbocycles. The maximum absolute atomic E-state index is 11.8. The van der Waals surface area contributed by atoms with Crippen molar-refractivity contribution in [2.75, 3.05) is 7.05 Å². The minimum Gasteiger partial charge on any atom is -0.465 e. The van der Waals surface area contributed by atoms with Gasteiger partial charge in [-0.05, 0) is 6.92 Å². The van der Waals surface area contributed by atoms with Gasteiger partial charge < -0.3 is 10.0 Å². The third kappa shape index (κ3) is 1.90. The van der Waals surface area contributed by atoms with Crippen LogP contribution in [0.3, 0.4) is 0 Å². The van der Waals surface area contributed by atoms with Gasteiger partial charge in [0.05, 0.1) is 6.54 Å². The average Bonchev–Trinajstić information content (AvgIpc) is 2.68. The number of hydrazine groups is 1. The van der Waals surface area contributed by atoms with E-state index in [4.69, 9.17) is 10.9 Å². The molecule has 2 heterocycles. The van der Waals surface area contributed by atoms with Gasteiger partial charge in [0.15, 0.2) is 5.69 Å². The number of aromatic nitrogens is 2. The van der Waals surface area contributed by atoms with E-state index < -0.39 is 12.0 Å². The summed E-state index contributed by atoms with van der Waals surface area (Å²) in [6.07, 6.45) is -0.496. The molecule has 0 radical (unpaired) electrons. The molecule has 4 N–H and O–H groups in total. The number of amides is 2. The lowest BCUT2D eigenvalue weighted by Crippen LogP contribution is -2.42. The molecule has 0 spiro atoms. The molecule has 1 unspecified atom stereocenters. The lowest BCUT2D eigenvalue weighted by Gasteiger charge is -2.30. The summed E-state index contributed by atoms with van der Waals surface area (Å²) in [4.78, 5) is 24.2. The molecule has 8 heteroatoms. The number of nitrogens with zero attached hydrogens (tertiary/aromatic N) is 3. The van der Waals surface area contributed by atoms with Crippen molar-refractivity contribution in [3.63, 3.8) is 0 Å². The van der Waals surface area contributed by atoms with Crippen LogP contribution in [0.15, 0.2) is 0 Å². The van der Waals surface area contributed by atoms with Gasteiger partial charge in [0.2, 0.25) is 0 Å². The van der Waals surface area contributed by atoms with Gasteiger partial charge in [-0.15, -0.1) is 0 Å². The molecule has 1 aliphatic rings. The fourth-order valence-electron chi connectivity index (χ4n) is 2.07. The summed E-state index contributed by atoms with van der Waals surface area (Å²) >= 11 is 0. The number of carbonyl (C=O) groups is 2. The monoisotopic (exact) mass is 253 g/mol. The van der Waals surface area contributed by atoms with Gasteiger partial charge in [0.25, 0.3) is 5.91 Å². The molecule has 1 atom stereocenters. The minimum absolute atomic E-state index is 0.144. The first-order valence-corrected chi connectivity index (χ1v) is 5.50. The Morgan fingerprint density at radius 2 is 2.28 bits per heavy atom. The molecular weight excluding hydrogens is 238 g/mol. The first-order valence-electron chi connectivity index (χ1n) is 5.50. The van der Waals surface area contributed by atoms with Crippen LogP contribution in [-0.2, 0) is 13.0 Å². The lowest BCUT2D eigenvalue weighted by molar-refractivity contribution is 0.0783. The van der Waals surface area contributed by atoms with E-state index in [2.05, 4.69) is 10.2 Å². The molecule has 0 fully saturated rings. The van der Waals surface area contributed by atoms with Crippen LogP contribution in [0.1, 0.15) is 28.7 Å². The molecule has 0 bridgehead atoms. The van der Waals surface area contributed by atoms with Crippen LogP contribution in [0.2, 0.25) is 0 Å². The van der Waals surface area contributed by atoms with Crippen LogP contribution >= 0.6 is 0 Å².